The highest BCUT2D eigenvalue weighted by atomic mass is 79.9. The molecule has 0 saturated carbocycles. The summed E-state index contributed by atoms with van der Waals surface area (Å²) in [5.41, 5.74) is 0.774. The Hall–Kier alpha value is -1.77. The monoisotopic (exact) mass is 424 g/mol. The Labute approximate surface area is 154 Å². The van der Waals surface area contributed by atoms with Crippen LogP contribution in [-0.2, 0) is 4.79 Å². The summed E-state index contributed by atoms with van der Waals surface area (Å²) < 4.78 is 3.39. The van der Waals surface area contributed by atoms with Crippen molar-refractivity contribution in [2.75, 3.05) is 0 Å². The van der Waals surface area contributed by atoms with Gasteiger partial charge in [-0.3, -0.25) is 4.79 Å². The number of carbonyl (C=O) groups excluding carboxylic acids is 1. The quantitative estimate of drug-likeness (QED) is 0.678. The maximum Gasteiger partial charge on any atom is 0.326 e. The third-order valence-corrected chi connectivity index (χ3v) is 6.14. The smallest absolute Gasteiger partial charge is 0.326 e. The number of carboxylic acid groups (broad SMARTS) is 1. The van der Waals surface area contributed by atoms with Crippen molar-refractivity contribution in [1.82, 2.24) is 4.57 Å². The standard InChI is InChI=1S/C16H13BrN2O3S2/c1-2-9(15(21)22)19-10-5-3-4-6-11(10)24-16(19)18-14(20)12-7-8-13(17)23-12/h3-9H,2H2,1H3,(H,21,22). The average Bonchev–Trinajstić information content (AvgIpc) is 3.12. The number of nitrogens with zero attached hydrogens (tertiary/aromatic N) is 2. The van der Waals surface area contributed by atoms with Gasteiger partial charge in [0, 0.05) is 0 Å². The Kier molecular flexibility index (Phi) is 4.98. The van der Waals surface area contributed by atoms with Crippen LogP contribution >= 0.6 is 38.6 Å². The van der Waals surface area contributed by atoms with E-state index in [2.05, 4.69) is 20.9 Å². The molecule has 0 aliphatic heterocycles. The lowest BCUT2D eigenvalue weighted by Crippen LogP contribution is -2.27. The summed E-state index contributed by atoms with van der Waals surface area (Å²) in [6.45, 7) is 1.81. The highest BCUT2D eigenvalue weighted by Gasteiger charge is 2.22. The summed E-state index contributed by atoms with van der Waals surface area (Å²) in [6.07, 6.45) is 0.405. The van der Waals surface area contributed by atoms with Gasteiger partial charge in [0.05, 0.1) is 18.9 Å². The second-order valence-electron chi connectivity index (χ2n) is 5.01. The first kappa shape index (κ1) is 17.1. The fourth-order valence-electron chi connectivity index (χ4n) is 2.41. The van der Waals surface area contributed by atoms with Crippen molar-refractivity contribution in [2.24, 2.45) is 4.99 Å². The molecule has 2 aromatic heterocycles. The Morgan fingerprint density at radius 1 is 1.25 bits per heavy atom. The van der Waals surface area contributed by atoms with E-state index in [0.717, 1.165) is 14.0 Å². The minimum Gasteiger partial charge on any atom is -0.480 e. The number of aromatic nitrogens is 1. The largest absolute Gasteiger partial charge is 0.480 e. The fraction of sp³-hybridized carbons (Fsp3) is 0.188. The molecular formula is C16H13BrN2O3S2. The molecule has 2 heterocycles. The van der Waals surface area contributed by atoms with Gasteiger partial charge in [0.25, 0.3) is 5.91 Å². The first-order valence-electron chi connectivity index (χ1n) is 7.18. The van der Waals surface area contributed by atoms with Crippen LogP contribution in [0.4, 0.5) is 0 Å². The van der Waals surface area contributed by atoms with E-state index in [1.807, 2.05) is 24.3 Å². The SMILES string of the molecule is CCC(C(=O)O)n1c(=NC(=O)c2ccc(Br)s2)sc2ccccc21. The molecule has 0 saturated heterocycles. The minimum atomic E-state index is -0.936. The lowest BCUT2D eigenvalue weighted by molar-refractivity contribution is -0.140. The first-order valence-corrected chi connectivity index (χ1v) is 9.61. The molecule has 0 bridgehead atoms. The zero-order valence-electron chi connectivity index (χ0n) is 12.6. The number of thiazole rings is 1. The predicted octanol–water partition coefficient (Wildman–Crippen LogP) is 4.30. The first-order chi connectivity index (χ1) is 11.5. The Bertz CT molecular complexity index is 987. The van der Waals surface area contributed by atoms with Gasteiger partial charge < -0.3 is 9.67 Å². The molecule has 24 heavy (non-hydrogen) atoms. The number of hydrogen-bond donors (Lipinski definition) is 1. The van der Waals surface area contributed by atoms with Gasteiger partial charge in [-0.1, -0.05) is 30.4 Å². The number of amides is 1. The van der Waals surface area contributed by atoms with E-state index in [9.17, 15) is 14.7 Å². The predicted molar refractivity (Wildman–Crippen MR) is 98.7 cm³/mol. The number of carboxylic acids is 1. The number of carbonyl (C=O) groups is 2. The Morgan fingerprint density at radius 2 is 2.00 bits per heavy atom. The summed E-state index contributed by atoms with van der Waals surface area (Å²) in [5.74, 6) is -1.31. The minimum absolute atomic E-state index is 0.369. The van der Waals surface area contributed by atoms with Crippen LogP contribution in [0.25, 0.3) is 10.2 Å². The van der Waals surface area contributed by atoms with Crippen molar-refractivity contribution in [3.8, 4) is 0 Å². The van der Waals surface area contributed by atoms with E-state index in [4.69, 9.17) is 0 Å². The Morgan fingerprint density at radius 3 is 2.62 bits per heavy atom. The molecule has 3 aromatic rings. The van der Waals surface area contributed by atoms with E-state index >= 15 is 0 Å². The van der Waals surface area contributed by atoms with Crippen LogP contribution in [-0.4, -0.2) is 21.6 Å². The van der Waals surface area contributed by atoms with Crippen molar-refractivity contribution < 1.29 is 14.7 Å². The molecule has 1 atom stereocenters. The molecule has 124 valence electrons. The average molecular weight is 425 g/mol. The van der Waals surface area contributed by atoms with Crippen molar-refractivity contribution in [1.29, 1.82) is 0 Å². The number of rotatable bonds is 4. The van der Waals surface area contributed by atoms with Gasteiger partial charge in [-0.15, -0.1) is 11.3 Å². The number of halogens is 1. The molecule has 1 aromatic carbocycles. The summed E-state index contributed by atoms with van der Waals surface area (Å²) in [7, 11) is 0. The zero-order valence-corrected chi connectivity index (χ0v) is 15.8. The Balaban J connectivity index is 2.21. The number of aliphatic carboxylic acids is 1. The number of para-hydroxylation sites is 1. The van der Waals surface area contributed by atoms with E-state index in [1.165, 1.54) is 22.7 Å². The molecule has 0 aliphatic carbocycles. The van der Waals surface area contributed by atoms with Crippen LogP contribution in [0.15, 0.2) is 45.2 Å². The summed E-state index contributed by atoms with van der Waals surface area (Å²) in [6, 6.07) is 10.2. The third kappa shape index (κ3) is 3.22. The molecule has 1 amide bonds. The van der Waals surface area contributed by atoms with Crippen LogP contribution < -0.4 is 4.80 Å². The highest BCUT2D eigenvalue weighted by Crippen LogP contribution is 2.24. The molecule has 3 rings (SSSR count). The maximum atomic E-state index is 12.4. The molecule has 5 nitrogen and oxygen atoms in total. The molecule has 0 radical (unpaired) electrons. The van der Waals surface area contributed by atoms with Crippen molar-refractivity contribution in [2.45, 2.75) is 19.4 Å². The molecule has 0 aliphatic rings. The normalized spacial score (nSPS) is 13.3. The third-order valence-electron chi connectivity index (χ3n) is 3.50. The second-order valence-corrected chi connectivity index (χ2v) is 8.48. The molecule has 1 unspecified atom stereocenters. The van der Waals surface area contributed by atoms with Gasteiger partial charge in [-0.2, -0.15) is 4.99 Å². The summed E-state index contributed by atoms with van der Waals surface area (Å²) in [5, 5.41) is 9.54. The molecular weight excluding hydrogens is 412 g/mol. The molecule has 0 fully saturated rings. The van der Waals surface area contributed by atoms with Gasteiger partial charge in [-0.05, 0) is 46.6 Å². The zero-order chi connectivity index (χ0) is 17.3. The molecule has 1 N–H and O–H groups in total. The lowest BCUT2D eigenvalue weighted by atomic mass is 10.2. The lowest BCUT2D eigenvalue weighted by Gasteiger charge is -2.13. The van der Waals surface area contributed by atoms with E-state index < -0.39 is 12.0 Å². The van der Waals surface area contributed by atoms with E-state index in [-0.39, 0.29) is 5.91 Å². The van der Waals surface area contributed by atoms with E-state index in [1.54, 1.807) is 23.6 Å². The number of fused-ring (bicyclic) bond motifs is 1. The van der Waals surface area contributed by atoms with E-state index in [0.29, 0.717) is 16.1 Å². The van der Waals surface area contributed by atoms with Crippen LogP contribution in [0.1, 0.15) is 29.1 Å². The highest BCUT2D eigenvalue weighted by molar-refractivity contribution is 9.11. The van der Waals surface area contributed by atoms with Crippen LogP contribution in [0.2, 0.25) is 0 Å². The van der Waals surface area contributed by atoms with Gasteiger partial charge >= 0.3 is 5.97 Å². The molecule has 0 spiro atoms. The van der Waals surface area contributed by atoms with Crippen molar-refractivity contribution in [3.63, 3.8) is 0 Å². The summed E-state index contributed by atoms with van der Waals surface area (Å²) >= 11 is 5.95. The van der Waals surface area contributed by atoms with Gasteiger partial charge in [0.1, 0.15) is 6.04 Å². The number of benzene rings is 1. The van der Waals surface area contributed by atoms with Gasteiger partial charge in [0.15, 0.2) is 4.80 Å². The molecule has 8 heteroatoms. The van der Waals surface area contributed by atoms with Crippen LogP contribution in [0, 0.1) is 0 Å². The fourth-order valence-corrected chi connectivity index (χ4v) is 4.75. The number of thiophene rings is 1. The van der Waals surface area contributed by atoms with Gasteiger partial charge in [0.2, 0.25) is 0 Å². The van der Waals surface area contributed by atoms with Crippen LogP contribution in [0.3, 0.4) is 0 Å². The topological polar surface area (TPSA) is 71.7 Å². The van der Waals surface area contributed by atoms with Gasteiger partial charge in [-0.25, -0.2) is 4.79 Å². The number of hydrogen-bond acceptors (Lipinski definition) is 4. The second kappa shape index (κ2) is 7.00. The van der Waals surface area contributed by atoms with Crippen molar-refractivity contribution in [3.05, 3.63) is 49.9 Å². The summed E-state index contributed by atoms with van der Waals surface area (Å²) in [4.78, 5) is 29.2. The van der Waals surface area contributed by atoms with Crippen molar-refractivity contribution >= 4 is 60.7 Å². The maximum absolute atomic E-state index is 12.4. The van der Waals surface area contributed by atoms with Crippen LogP contribution in [0.5, 0.6) is 0 Å².